The van der Waals surface area contributed by atoms with E-state index < -0.39 is 0 Å². The van der Waals surface area contributed by atoms with E-state index in [1.54, 1.807) is 17.6 Å². The molecule has 0 bridgehead atoms. The Bertz CT molecular complexity index is 651. The number of hydrogen-bond acceptors (Lipinski definition) is 6. The highest BCUT2D eigenvalue weighted by molar-refractivity contribution is 14.0. The number of aliphatic imine (C=N–C) groups is 1. The zero-order valence-corrected chi connectivity index (χ0v) is 17.8. The molecule has 0 aliphatic carbocycles. The Kier molecular flexibility index (Phi) is 8.10. The fourth-order valence-electron chi connectivity index (χ4n) is 2.76. The van der Waals surface area contributed by atoms with E-state index in [1.165, 1.54) is 5.01 Å². The summed E-state index contributed by atoms with van der Waals surface area (Å²) in [6, 6.07) is 1.92. The van der Waals surface area contributed by atoms with E-state index in [0.717, 1.165) is 63.0 Å². The fraction of sp³-hybridized carbons (Fsp3) is 0.562. The molecule has 0 radical (unpaired) electrons. The molecule has 2 aromatic rings. The van der Waals surface area contributed by atoms with Gasteiger partial charge in [-0.15, -0.1) is 35.3 Å². The molecule has 3 rings (SSSR count). The Morgan fingerprint density at radius 1 is 1.32 bits per heavy atom. The molecule has 0 aromatic carbocycles. The largest absolute Gasteiger partial charge is 0.364 e. The predicted octanol–water partition coefficient (Wildman–Crippen LogP) is 2.20. The van der Waals surface area contributed by atoms with Crippen LogP contribution in [-0.2, 0) is 19.5 Å². The van der Waals surface area contributed by atoms with Crippen molar-refractivity contribution in [3.63, 3.8) is 0 Å². The molecule has 25 heavy (non-hydrogen) atoms. The van der Waals surface area contributed by atoms with Gasteiger partial charge < -0.3 is 14.7 Å². The first-order valence-electron chi connectivity index (χ1n) is 8.29. The zero-order chi connectivity index (χ0) is 16.8. The van der Waals surface area contributed by atoms with Crippen molar-refractivity contribution in [2.75, 3.05) is 33.2 Å². The number of guanidine groups is 1. The van der Waals surface area contributed by atoms with E-state index in [1.807, 2.05) is 13.1 Å². The number of aryl methyl sites for hydroxylation is 1. The van der Waals surface area contributed by atoms with E-state index >= 15 is 0 Å². The van der Waals surface area contributed by atoms with Crippen LogP contribution in [0.4, 0.5) is 0 Å². The maximum absolute atomic E-state index is 4.90. The minimum atomic E-state index is 0. The maximum Gasteiger partial charge on any atom is 0.194 e. The molecule has 0 spiro atoms. The summed E-state index contributed by atoms with van der Waals surface area (Å²) in [5, 5.41) is 10.7. The Hall–Kier alpha value is -1.20. The molecule has 0 amide bonds. The Morgan fingerprint density at radius 3 is 2.72 bits per heavy atom. The van der Waals surface area contributed by atoms with Gasteiger partial charge in [0.05, 0.1) is 22.9 Å². The van der Waals surface area contributed by atoms with Gasteiger partial charge in [0.1, 0.15) is 6.26 Å². The van der Waals surface area contributed by atoms with Crippen molar-refractivity contribution >= 4 is 41.3 Å². The van der Waals surface area contributed by atoms with E-state index in [4.69, 9.17) is 4.52 Å². The second-order valence-corrected chi connectivity index (χ2v) is 6.68. The minimum absolute atomic E-state index is 0. The molecular weight excluding hydrogens is 451 g/mol. The summed E-state index contributed by atoms with van der Waals surface area (Å²) in [7, 11) is 1.84. The Morgan fingerprint density at radius 2 is 2.12 bits per heavy atom. The highest BCUT2D eigenvalue weighted by atomic mass is 127. The number of halogens is 1. The molecule has 2 aromatic heterocycles. The molecule has 0 saturated carbocycles. The molecule has 0 unspecified atom stereocenters. The Balaban J connectivity index is 0.00000225. The lowest BCUT2D eigenvalue weighted by molar-refractivity contribution is 0.169. The van der Waals surface area contributed by atoms with Crippen molar-refractivity contribution in [3.8, 4) is 0 Å². The van der Waals surface area contributed by atoms with Gasteiger partial charge in [-0.3, -0.25) is 9.89 Å². The number of thiazole rings is 1. The van der Waals surface area contributed by atoms with Crippen molar-refractivity contribution in [2.45, 2.75) is 26.4 Å². The van der Waals surface area contributed by atoms with Gasteiger partial charge in [0, 0.05) is 51.2 Å². The lowest BCUT2D eigenvalue weighted by Gasteiger charge is -2.36. The van der Waals surface area contributed by atoms with Crippen LogP contribution in [0.2, 0.25) is 0 Å². The molecule has 7 nitrogen and oxygen atoms in total. The summed E-state index contributed by atoms with van der Waals surface area (Å²) in [6.45, 7) is 7.59. The summed E-state index contributed by atoms with van der Waals surface area (Å²) in [5.41, 5.74) is 2.07. The van der Waals surface area contributed by atoms with Gasteiger partial charge in [0.15, 0.2) is 5.96 Å². The van der Waals surface area contributed by atoms with E-state index in [9.17, 15) is 0 Å². The van der Waals surface area contributed by atoms with Gasteiger partial charge in [-0.2, -0.15) is 0 Å². The standard InChI is InChI=1S/C16H24N6OS.HI/c1-3-15-19-14(12-24-15)10-18-16(17-2)22-7-5-21(6-8-22)11-13-4-9-23-20-13;/h4,9,12H,3,5-8,10-11H2,1-2H3,(H,17,18);1H. The van der Waals surface area contributed by atoms with Crippen LogP contribution in [0.15, 0.2) is 27.2 Å². The molecule has 1 fully saturated rings. The van der Waals surface area contributed by atoms with Gasteiger partial charge in [-0.05, 0) is 6.42 Å². The number of nitrogens with one attached hydrogen (secondary N) is 1. The number of piperazine rings is 1. The average Bonchev–Trinajstić information content (AvgIpc) is 3.28. The van der Waals surface area contributed by atoms with Gasteiger partial charge >= 0.3 is 0 Å². The SMILES string of the molecule is CCc1nc(CNC(=NC)N2CCN(Cc3ccon3)CC2)cs1.I. The summed E-state index contributed by atoms with van der Waals surface area (Å²) >= 11 is 1.72. The van der Waals surface area contributed by atoms with Gasteiger partial charge in [0.25, 0.3) is 0 Å². The lowest BCUT2D eigenvalue weighted by atomic mass is 10.3. The summed E-state index contributed by atoms with van der Waals surface area (Å²) in [6.07, 6.45) is 2.62. The third-order valence-electron chi connectivity index (χ3n) is 4.09. The highest BCUT2D eigenvalue weighted by Gasteiger charge is 2.20. The summed E-state index contributed by atoms with van der Waals surface area (Å²) in [4.78, 5) is 13.7. The molecule has 1 saturated heterocycles. The fourth-order valence-corrected chi connectivity index (χ4v) is 3.51. The summed E-state index contributed by atoms with van der Waals surface area (Å²) in [5.74, 6) is 0.946. The van der Waals surface area contributed by atoms with Crippen LogP contribution < -0.4 is 5.32 Å². The molecule has 1 N–H and O–H groups in total. The zero-order valence-electron chi connectivity index (χ0n) is 14.6. The van der Waals surface area contributed by atoms with Crippen LogP contribution in [0.25, 0.3) is 0 Å². The smallest absolute Gasteiger partial charge is 0.194 e. The topological polar surface area (TPSA) is 69.8 Å². The summed E-state index contributed by atoms with van der Waals surface area (Å²) < 4.78 is 4.90. The van der Waals surface area contributed by atoms with Crippen molar-refractivity contribution < 1.29 is 4.52 Å². The second kappa shape index (κ2) is 10.1. The number of rotatable bonds is 5. The molecular formula is C16H25IN6OS. The van der Waals surface area contributed by atoms with Crippen LogP contribution in [0.1, 0.15) is 23.3 Å². The van der Waals surface area contributed by atoms with Crippen molar-refractivity contribution in [1.29, 1.82) is 0 Å². The van der Waals surface area contributed by atoms with Crippen LogP contribution in [0.3, 0.4) is 0 Å². The van der Waals surface area contributed by atoms with Crippen molar-refractivity contribution in [2.24, 2.45) is 4.99 Å². The predicted molar refractivity (Wildman–Crippen MR) is 110 cm³/mol. The van der Waals surface area contributed by atoms with Crippen molar-refractivity contribution in [3.05, 3.63) is 34.1 Å². The highest BCUT2D eigenvalue weighted by Crippen LogP contribution is 2.11. The third kappa shape index (κ3) is 5.65. The average molecular weight is 476 g/mol. The van der Waals surface area contributed by atoms with Gasteiger partial charge in [-0.25, -0.2) is 4.98 Å². The van der Waals surface area contributed by atoms with Crippen LogP contribution in [0.5, 0.6) is 0 Å². The molecule has 0 atom stereocenters. The van der Waals surface area contributed by atoms with Gasteiger partial charge in [-0.1, -0.05) is 12.1 Å². The number of aromatic nitrogens is 2. The van der Waals surface area contributed by atoms with Crippen LogP contribution in [-0.4, -0.2) is 59.1 Å². The molecule has 3 heterocycles. The quantitative estimate of drug-likeness (QED) is 0.406. The van der Waals surface area contributed by atoms with Gasteiger partial charge in [0.2, 0.25) is 0 Å². The lowest BCUT2D eigenvalue weighted by Crippen LogP contribution is -2.52. The minimum Gasteiger partial charge on any atom is -0.364 e. The molecule has 1 aliphatic rings. The maximum atomic E-state index is 4.90. The van der Waals surface area contributed by atoms with Crippen LogP contribution >= 0.6 is 35.3 Å². The van der Waals surface area contributed by atoms with Crippen molar-refractivity contribution in [1.82, 2.24) is 25.3 Å². The monoisotopic (exact) mass is 476 g/mol. The second-order valence-electron chi connectivity index (χ2n) is 5.74. The number of nitrogens with zero attached hydrogens (tertiary/aromatic N) is 5. The third-order valence-corrected chi connectivity index (χ3v) is 5.13. The van der Waals surface area contributed by atoms with E-state index in [0.29, 0.717) is 0 Å². The molecule has 1 aliphatic heterocycles. The normalized spacial score (nSPS) is 15.9. The number of hydrogen-bond donors (Lipinski definition) is 1. The first-order valence-corrected chi connectivity index (χ1v) is 9.17. The first-order chi connectivity index (χ1) is 11.8. The van der Waals surface area contributed by atoms with E-state index in [2.05, 4.69) is 42.6 Å². The van der Waals surface area contributed by atoms with Crippen LogP contribution in [0, 0.1) is 0 Å². The molecule has 138 valence electrons. The molecule has 9 heteroatoms. The van der Waals surface area contributed by atoms with E-state index in [-0.39, 0.29) is 24.0 Å². The Labute approximate surface area is 169 Å². The first kappa shape index (κ1) is 20.1.